The number of rotatable bonds is 2. The van der Waals surface area contributed by atoms with Gasteiger partial charge in [0.2, 0.25) is 0 Å². The maximum Gasteiger partial charge on any atom is 0.292 e. The third-order valence-electron chi connectivity index (χ3n) is 1.37. The molecule has 5 nitrogen and oxygen atoms in total. The Hall–Kier alpha value is -1.36. The van der Waals surface area contributed by atoms with E-state index in [0.29, 0.717) is 0 Å². The summed E-state index contributed by atoms with van der Waals surface area (Å²) in [5.41, 5.74) is 0.176. The molecule has 5 heteroatoms. The van der Waals surface area contributed by atoms with Crippen molar-refractivity contribution in [1.82, 2.24) is 4.98 Å². The monoisotopic (exact) mass is 156 g/mol. The zero-order valence-corrected chi connectivity index (χ0v) is 5.94. The first-order valence-electron chi connectivity index (χ1n) is 3.12. The van der Waals surface area contributed by atoms with Crippen molar-refractivity contribution in [3.63, 3.8) is 0 Å². The van der Waals surface area contributed by atoms with Crippen LogP contribution in [-0.2, 0) is 0 Å². The van der Waals surface area contributed by atoms with Gasteiger partial charge in [0.05, 0.1) is 11.0 Å². The van der Waals surface area contributed by atoms with E-state index in [4.69, 9.17) is 5.11 Å². The molecule has 0 aliphatic carbocycles. The van der Waals surface area contributed by atoms with Gasteiger partial charge < -0.3 is 10.1 Å². The second-order valence-corrected chi connectivity index (χ2v) is 2.21. The molecule has 1 aromatic heterocycles. The van der Waals surface area contributed by atoms with Crippen LogP contribution < -0.4 is 0 Å². The molecular formula is C6H8N2O3. The number of aromatic nitrogens is 1. The highest BCUT2D eigenvalue weighted by Gasteiger charge is 2.17. The normalized spacial score (nSPS) is 12.9. The lowest BCUT2D eigenvalue weighted by atomic mass is 10.2. The molecule has 2 N–H and O–H groups in total. The van der Waals surface area contributed by atoms with Crippen LogP contribution >= 0.6 is 0 Å². The van der Waals surface area contributed by atoms with Crippen molar-refractivity contribution in [1.29, 1.82) is 0 Å². The fourth-order valence-corrected chi connectivity index (χ4v) is 0.868. The lowest BCUT2D eigenvalue weighted by molar-refractivity contribution is -0.386. The molecule has 11 heavy (non-hydrogen) atoms. The van der Waals surface area contributed by atoms with Gasteiger partial charge in [-0.1, -0.05) is 0 Å². The number of hydrogen-bond donors (Lipinski definition) is 2. The average molecular weight is 156 g/mol. The van der Waals surface area contributed by atoms with Crippen LogP contribution in [0.4, 0.5) is 5.69 Å². The molecule has 0 aliphatic rings. The summed E-state index contributed by atoms with van der Waals surface area (Å²) >= 11 is 0. The summed E-state index contributed by atoms with van der Waals surface area (Å²) < 4.78 is 0. The fourth-order valence-electron chi connectivity index (χ4n) is 0.868. The molecule has 1 atom stereocenters. The first-order chi connectivity index (χ1) is 5.13. The molecular weight excluding hydrogens is 148 g/mol. The summed E-state index contributed by atoms with van der Waals surface area (Å²) in [6.07, 6.45) is 0.602. The average Bonchev–Trinajstić information content (AvgIpc) is 2.32. The van der Waals surface area contributed by atoms with E-state index in [1.54, 1.807) is 0 Å². The highest BCUT2D eigenvalue weighted by Crippen LogP contribution is 2.22. The second kappa shape index (κ2) is 2.71. The van der Waals surface area contributed by atoms with Crippen LogP contribution in [0.1, 0.15) is 18.7 Å². The molecule has 1 aromatic rings. The largest absolute Gasteiger partial charge is 0.387 e. The Morgan fingerprint density at radius 2 is 2.45 bits per heavy atom. The number of H-pyrrole nitrogens is 1. The van der Waals surface area contributed by atoms with Crippen molar-refractivity contribution in [2.45, 2.75) is 13.0 Å². The van der Waals surface area contributed by atoms with Gasteiger partial charge in [-0.25, -0.2) is 0 Å². The minimum Gasteiger partial charge on any atom is -0.387 e. The van der Waals surface area contributed by atoms with Crippen molar-refractivity contribution in [3.8, 4) is 0 Å². The Morgan fingerprint density at radius 3 is 2.82 bits per heavy atom. The first-order valence-corrected chi connectivity index (χ1v) is 3.12. The SMILES string of the molecule is CC(O)c1[nH]ccc1[N+](=O)[O-]. The minimum absolute atomic E-state index is 0.0694. The van der Waals surface area contributed by atoms with Gasteiger partial charge in [0.1, 0.15) is 5.69 Å². The Balaban J connectivity index is 3.06. The summed E-state index contributed by atoms with van der Waals surface area (Å²) in [7, 11) is 0. The van der Waals surface area contributed by atoms with Crippen LogP contribution in [0.5, 0.6) is 0 Å². The molecule has 0 spiro atoms. The summed E-state index contributed by atoms with van der Waals surface area (Å²) in [6.45, 7) is 1.47. The van der Waals surface area contributed by atoms with Gasteiger partial charge in [-0.3, -0.25) is 10.1 Å². The van der Waals surface area contributed by atoms with Gasteiger partial charge in [-0.2, -0.15) is 0 Å². The maximum absolute atomic E-state index is 10.3. The molecule has 60 valence electrons. The highest BCUT2D eigenvalue weighted by molar-refractivity contribution is 5.36. The molecule has 0 fully saturated rings. The van der Waals surface area contributed by atoms with E-state index < -0.39 is 11.0 Å². The van der Waals surface area contributed by atoms with E-state index in [2.05, 4.69) is 4.98 Å². The predicted octanol–water partition coefficient (Wildman–Crippen LogP) is 0.976. The molecule has 1 rings (SSSR count). The second-order valence-electron chi connectivity index (χ2n) is 2.21. The molecule has 0 aromatic carbocycles. The fraction of sp³-hybridized carbons (Fsp3) is 0.333. The number of aromatic amines is 1. The van der Waals surface area contributed by atoms with Gasteiger partial charge >= 0.3 is 0 Å². The lowest BCUT2D eigenvalue weighted by Gasteiger charge is -1.98. The van der Waals surface area contributed by atoms with Gasteiger partial charge in [0, 0.05) is 12.3 Å². The lowest BCUT2D eigenvalue weighted by Crippen LogP contribution is -1.96. The number of aliphatic hydroxyl groups is 1. The van der Waals surface area contributed by atoms with Crippen molar-refractivity contribution < 1.29 is 10.0 Å². The molecule has 0 saturated carbocycles. The molecule has 0 bridgehead atoms. The first kappa shape index (κ1) is 7.74. The van der Waals surface area contributed by atoms with Crippen LogP contribution in [0.15, 0.2) is 12.3 Å². The third kappa shape index (κ3) is 1.38. The van der Waals surface area contributed by atoms with E-state index in [1.165, 1.54) is 19.2 Å². The van der Waals surface area contributed by atoms with E-state index in [1.807, 2.05) is 0 Å². The van der Waals surface area contributed by atoms with Crippen molar-refractivity contribution in [3.05, 3.63) is 28.1 Å². The standard InChI is InChI=1S/C6H8N2O3/c1-4(9)6-5(8(10)11)2-3-7-6/h2-4,7,9H,1H3. The van der Waals surface area contributed by atoms with E-state index in [0.717, 1.165) is 0 Å². The number of nitro groups is 1. The van der Waals surface area contributed by atoms with E-state index in [9.17, 15) is 10.1 Å². The maximum atomic E-state index is 10.3. The number of nitrogens with one attached hydrogen (secondary N) is 1. The van der Waals surface area contributed by atoms with Crippen LogP contribution in [0.3, 0.4) is 0 Å². The Bertz CT molecular complexity index is 267. The van der Waals surface area contributed by atoms with Gasteiger partial charge in [-0.05, 0) is 6.92 Å². The van der Waals surface area contributed by atoms with Gasteiger partial charge in [0.15, 0.2) is 0 Å². The molecule has 1 heterocycles. The van der Waals surface area contributed by atoms with E-state index in [-0.39, 0.29) is 11.4 Å². The molecule has 1 unspecified atom stereocenters. The summed E-state index contributed by atoms with van der Waals surface area (Å²) in [5, 5.41) is 19.3. The van der Waals surface area contributed by atoms with E-state index >= 15 is 0 Å². The number of nitrogens with zero attached hydrogens (tertiary/aromatic N) is 1. The predicted molar refractivity (Wildman–Crippen MR) is 38.1 cm³/mol. The summed E-state index contributed by atoms with van der Waals surface area (Å²) in [4.78, 5) is 12.3. The smallest absolute Gasteiger partial charge is 0.292 e. The van der Waals surface area contributed by atoms with Gasteiger partial charge in [-0.15, -0.1) is 0 Å². The zero-order chi connectivity index (χ0) is 8.43. The molecule has 0 amide bonds. The quantitative estimate of drug-likeness (QED) is 0.494. The molecule has 0 aliphatic heterocycles. The topological polar surface area (TPSA) is 79.2 Å². The Morgan fingerprint density at radius 1 is 1.82 bits per heavy atom. The van der Waals surface area contributed by atoms with Crippen molar-refractivity contribution in [2.75, 3.05) is 0 Å². The van der Waals surface area contributed by atoms with Crippen LogP contribution in [0.25, 0.3) is 0 Å². The van der Waals surface area contributed by atoms with Crippen LogP contribution in [0.2, 0.25) is 0 Å². The van der Waals surface area contributed by atoms with Crippen LogP contribution in [-0.4, -0.2) is 15.0 Å². The number of aliphatic hydroxyl groups excluding tert-OH is 1. The molecule has 0 radical (unpaired) electrons. The van der Waals surface area contributed by atoms with Crippen LogP contribution in [0, 0.1) is 10.1 Å². The Labute approximate surface area is 62.8 Å². The summed E-state index contributed by atoms with van der Waals surface area (Å²) in [5.74, 6) is 0. The molecule has 0 saturated heterocycles. The minimum atomic E-state index is -0.828. The third-order valence-corrected chi connectivity index (χ3v) is 1.37. The van der Waals surface area contributed by atoms with Gasteiger partial charge in [0.25, 0.3) is 5.69 Å². The van der Waals surface area contributed by atoms with Crippen molar-refractivity contribution >= 4 is 5.69 Å². The summed E-state index contributed by atoms with van der Waals surface area (Å²) in [6, 6.07) is 1.32. The highest BCUT2D eigenvalue weighted by atomic mass is 16.6. The van der Waals surface area contributed by atoms with Crippen molar-refractivity contribution in [2.24, 2.45) is 0 Å². The number of hydrogen-bond acceptors (Lipinski definition) is 3. The zero-order valence-electron chi connectivity index (χ0n) is 5.94. The Kier molecular flexibility index (Phi) is 1.91.